The highest BCUT2D eigenvalue weighted by molar-refractivity contribution is 7.92. The average molecular weight is 381 g/mol. The number of nitrogens with one attached hydrogen (secondary N) is 1. The van der Waals surface area contributed by atoms with Crippen LogP contribution >= 0.6 is 0 Å². The molecule has 1 fully saturated rings. The van der Waals surface area contributed by atoms with Gasteiger partial charge in [-0.3, -0.25) is 4.72 Å². The Morgan fingerprint density at radius 2 is 1.36 bits per heavy atom. The maximum atomic E-state index is 13.9. The SMILES string of the molecule is O=S(=O)(Nc1ccc(C2CC2)c(F)c1)c1c(F)c(F)c(F)c(F)c1F. The van der Waals surface area contributed by atoms with Gasteiger partial charge in [0.15, 0.2) is 28.2 Å². The van der Waals surface area contributed by atoms with Gasteiger partial charge in [-0.05, 0) is 36.5 Å². The Morgan fingerprint density at radius 3 is 1.84 bits per heavy atom. The van der Waals surface area contributed by atoms with Gasteiger partial charge >= 0.3 is 0 Å². The topological polar surface area (TPSA) is 46.2 Å². The summed E-state index contributed by atoms with van der Waals surface area (Å²) in [6.07, 6.45) is 1.57. The lowest BCUT2D eigenvalue weighted by molar-refractivity contribution is 0.358. The Kier molecular flexibility index (Phi) is 4.18. The first-order valence-corrected chi connectivity index (χ1v) is 8.45. The molecule has 3 nitrogen and oxygen atoms in total. The Balaban J connectivity index is 2.02. The van der Waals surface area contributed by atoms with Crippen LogP contribution in [0.3, 0.4) is 0 Å². The molecule has 1 aliphatic rings. The quantitative estimate of drug-likeness (QED) is 0.490. The van der Waals surface area contributed by atoms with Crippen LogP contribution in [-0.2, 0) is 10.0 Å². The van der Waals surface area contributed by atoms with E-state index in [1.165, 1.54) is 6.07 Å². The lowest BCUT2D eigenvalue weighted by Gasteiger charge is -2.12. The molecule has 10 heteroatoms. The molecule has 25 heavy (non-hydrogen) atoms. The fourth-order valence-corrected chi connectivity index (χ4v) is 3.53. The standard InChI is InChI=1S/C15H9F6NO2S/c16-9-5-7(3-4-8(9)6-1-2-6)22-25(23,24)15-13(20)11(18)10(17)12(19)14(15)21/h3-6,22H,1-2H2. The molecule has 134 valence electrons. The molecule has 0 aliphatic heterocycles. The summed E-state index contributed by atoms with van der Waals surface area (Å²) in [4.78, 5) is -2.03. The number of halogens is 6. The summed E-state index contributed by atoms with van der Waals surface area (Å²) in [5.41, 5.74) is -0.0509. The normalized spacial score (nSPS) is 14.6. The minimum atomic E-state index is -5.18. The van der Waals surface area contributed by atoms with Crippen LogP contribution in [0.15, 0.2) is 23.1 Å². The number of anilines is 1. The number of hydrogen-bond acceptors (Lipinski definition) is 2. The van der Waals surface area contributed by atoms with E-state index >= 15 is 0 Å². The second-order valence-corrected chi connectivity index (χ2v) is 7.13. The van der Waals surface area contributed by atoms with Crippen molar-refractivity contribution in [2.45, 2.75) is 23.7 Å². The van der Waals surface area contributed by atoms with Gasteiger partial charge < -0.3 is 0 Å². The molecular weight excluding hydrogens is 372 g/mol. The van der Waals surface area contributed by atoms with E-state index in [0.29, 0.717) is 5.56 Å². The maximum absolute atomic E-state index is 13.9. The molecule has 3 rings (SSSR count). The van der Waals surface area contributed by atoms with E-state index in [4.69, 9.17) is 0 Å². The van der Waals surface area contributed by atoms with Crippen molar-refractivity contribution in [3.05, 3.63) is 58.7 Å². The summed E-state index contributed by atoms with van der Waals surface area (Å²) >= 11 is 0. The van der Waals surface area contributed by atoms with Gasteiger partial charge in [-0.15, -0.1) is 0 Å². The van der Waals surface area contributed by atoms with Crippen LogP contribution in [0.2, 0.25) is 0 Å². The predicted molar refractivity (Wildman–Crippen MR) is 75.4 cm³/mol. The van der Waals surface area contributed by atoms with E-state index in [9.17, 15) is 34.8 Å². The van der Waals surface area contributed by atoms with Gasteiger partial charge in [-0.25, -0.2) is 34.8 Å². The van der Waals surface area contributed by atoms with Crippen LogP contribution in [0, 0.1) is 34.9 Å². The molecule has 0 bridgehead atoms. The molecule has 1 N–H and O–H groups in total. The molecule has 0 amide bonds. The van der Waals surface area contributed by atoms with Crippen LogP contribution in [0.5, 0.6) is 0 Å². The first-order chi connectivity index (χ1) is 11.6. The smallest absolute Gasteiger partial charge is 0.267 e. The van der Waals surface area contributed by atoms with Crippen molar-refractivity contribution in [1.29, 1.82) is 0 Å². The second-order valence-electron chi connectivity index (χ2n) is 5.52. The van der Waals surface area contributed by atoms with Crippen molar-refractivity contribution < 1.29 is 34.8 Å². The molecule has 2 aromatic rings. The van der Waals surface area contributed by atoms with E-state index in [1.807, 2.05) is 0 Å². The molecule has 0 atom stereocenters. The van der Waals surface area contributed by atoms with Crippen molar-refractivity contribution in [3.63, 3.8) is 0 Å². The Labute approximate surface area is 138 Å². The Bertz CT molecular complexity index is 943. The van der Waals surface area contributed by atoms with Gasteiger partial charge in [0, 0.05) is 0 Å². The van der Waals surface area contributed by atoms with Crippen molar-refractivity contribution in [2.75, 3.05) is 4.72 Å². The van der Waals surface area contributed by atoms with Crippen LogP contribution < -0.4 is 4.72 Å². The Morgan fingerprint density at radius 1 is 0.840 bits per heavy atom. The maximum Gasteiger partial charge on any atom is 0.267 e. The molecule has 0 radical (unpaired) electrons. The van der Waals surface area contributed by atoms with Gasteiger partial charge in [0.2, 0.25) is 5.82 Å². The van der Waals surface area contributed by atoms with E-state index in [-0.39, 0.29) is 5.92 Å². The molecule has 1 saturated carbocycles. The zero-order valence-corrected chi connectivity index (χ0v) is 13.0. The number of benzene rings is 2. The van der Waals surface area contributed by atoms with Crippen molar-refractivity contribution in [2.24, 2.45) is 0 Å². The number of sulfonamides is 1. The lowest BCUT2D eigenvalue weighted by Crippen LogP contribution is -2.19. The number of rotatable bonds is 4. The van der Waals surface area contributed by atoms with Crippen LogP contribution in [-0.4, -0.2) is 8.42 Å². The highest BCUT2D eigenvalue weighted by Gasteiger charge is 2.34. The van der Waals surface area contributed by atoms with E-state index in [0.717, 1.165) is 25.0 Å². The molecule has 2 aromatic carbocycles. The van der Waals surface area contributed by atoms with Crippen molar-refractivity contribution in [3.8, 4) is 0 Å². The average Bonchev–Trinajstić information content (AvgIpc) is 3.35. The summed E-state index contributed by atoms with van der Waals surface area (Å²) < 4.78 is 106. The van der Waals surface area contributed by atoms with Gasteiger partial charge in [-0.2, -0.15) is 0 Å². The van der Waals surface area contributed by atoms with E-state index < -0.39 is 55.5 Å². The van der Waals surface area contributed by atoms with Crippen LogP contribution in [0.25, 0.3) is 0 Å². The fourth-order valence-electron chi connectivity index (χ4n) is 2.34. The van der Waals surface area contributed by atoms with Crippen molar-refractivity contribution >= 4 is 15.7 Å². The van der Waals surface area contributed by atoms with Crippen molar-refractivity contribution in [1.82, 2.24) is 0 Å². The fraction of sp³-hybridized carbons (Fsp3) is 0.200. The predicted octanol–water partition coefficient (Wildman–Crippen LogP) is 4.20. The van der Waals surface area contributed by atoms with Crippen LogP contribution in [0.1, 0.15) is 24.3 Å². The lowest BCUT2D eigenvalue weighted by atomic mass is 10.1. The third kappa shape index (κ3) is 3.06. The molecule has 1 aliphatic carbocycles. The molecule has 0 heterocycles. The van der Waals surface area contributed by atoms with Crippen LogP contribution in [0.4, 0.5) is 32.0 Å². The minimum Gasteiger partial charge on any atom is -0.279 e. The zero-order valence-electron chi connectivity index (χ0n) is 12.2. The molecule has 0 aromatic heterocycles. The monoisotopic (exact) mass is 381 g/mol. The molecule has 0 unspecified atom stereocenters. The molecule has 0 saturated heterocycles. The summed E-state index contributed by atoms with van der Waals surface area (Å²) in [6, 6.07) is 3.21. The second kappa shape index (κ2) is 5.94. The molecule has 0 spiro atoms. The molecular formula is C15H9F6NO2S. The summed E-state index contributed by atoms with van der Waals surface area (Å²) in [6.45, 7) is 0. The van der Waals surface area contributed by atoms with E-state index in [1.54, 1.807) is 4.72 Å². The largest absolute Gasteiger partial charge is 0.279 e. The summed E-state index contributed by atoms with van der Waals surface area (Å²) in [5, 5.41) is 0. The first-order valence-electron chi connectivity index (χ1n) is 6.97. The first kappa shape index (κ1) is 17.6. The highest BCUT2D eigenvalue weighted by Crippen LogP contribution is 2.41. The van der Waals surface area contributed by atoms with Gasteiger partial charge in [0.05, 0.1) is 5.69 Å². The van der Waals surface area contributed by atoms with Gasteiger partial charge in [0.1, 0.15) is 5.82 Å². The Hall–Kier alpha value is -2.23. The van der Waals surface area contributed by atoms with Gasteiger partial charge in [0.25, 0.3) is 10.0 Å². The van der Waals surface area contributed by atoms with Gasteiger partial charge in [-0.1, -0.05) is 6.07 Å². The summed E-state index contributed by atoms with van der Waals surface area (Å²) in [5.74, 6) is -13.0. The third-order valence-corrected chi connectivity index (χ3v) is 5.11. The third-order valence-electron chi connectivity index (χ3n) is 3.71. The number of hydrogen-bond donors (Lipinski definition) is 1. The highest BCUT2D eigenvalue weighted by atomic mass is 32.2. The zero-order chi connectivity index (χ0) is 18.5. The minimum absolute atomic E-state index is 0.0286. The van der Waals surface area contributed by atoms with E-state index in [2.05, 4.69) is 0 Å². The summed E-state index contributed by atoms with van der Waals surface area (Å²) in [7, 11) is -5.18.